The number of anilines is 1. The second-order valence-corrected chi connectivity index (χ2v) is 5.88. The first kappa shape index (κ1) is 15.0. The van der Waals surface area contributed by atoms with Crippen molar-refractivity contribution in [2.24, 2.45) is 0 Å². The summed E-state index contributed by atoms with van der Waals surface area (Å²) < 4.78 is 5.53. The second-order valence-electron chi connectivity index (χ2n) is 5.88. The van der Waals surface area contributed by atoms with Crippen LogP contribution >= 0.6 is 0 Å². The van der Waals surface area contributed by atoms with Gasteiger partial charge >= 0.3 is 0 Å². The fourth-order valence-electron chi connectivity index (χ4n) is 3.03. The average Bonchev–Trinajstić information content (AvgIpc) is 3.19. The molecule has 5 nitrogen and oxygen atoms in total. The van der Waals surface area contributed by atoms with Gasteiger partial charge in [-0.15, -0.1) is 0 Å². The van der Waals surface area contributed by atoms with Crippen LogP contribution in [0.25, 0.3) is 0 Å². The molecule has 2 fully saturated rings. The molecule has 2 aliphatic heterocycles. The van der Waals surface area contributed by atoms with Crippen LogP contribution < -0.4 is 10.2 Å². The van der Waals surface area contributed by atoms with E-state index < -0.39 is 0 Å². The summed E-state index contributed by atoms with van der Waals surface area (Å²) in [5.41, 5.74) is 1.50. The number of hydrogen-bond donors (Lipinski definition) is 1. The van der Waals surface area contributed by atoms with Crippen molar-refractivity contribution in [3.63, 3.8) is 0 Å². The molecule has 3 rings (SSSR count). The lowest BCUT2D eigenvalue weighted by molar-refractivity contribution is -0.117. The van der Waals surface area contributed by atoms with Crippen molar-refractivity contribution >= 4 is 17.5 Å². The minimum atomic E-state index is -0.0719. The van der Waals surface area contributed by atoms with E-state index >= 15 is 0 Å². The van der Waals surface area contributed by atoms with E-state index in [0.717, 1.165) is 44.5 Å². The van der Waals surface area contributed by atoms with Crippen LogP contribution in [0, 0.1) is 0 Å². The number of carbonyl (C=O) groups is 2. The number of hydrogen-bond acceptors (Lipinski definition) is 3. The summed E-state index contributed by atoms with van der Waals surface area (Å²) in [6, 6.07) is 7.25. The van der Waals surface area contributed by atoms with E-state index in [4.69, 9.17) is 4.74 Å². The van der Waals surface area contributed by atoms with Gasteiger partial charge in [0, 0.05) is 37.4 Å². The molecule has 1 aromatic rings. The van der Waals surface area contributed by atoms with E-state index in [0.29, 0.717) is 24.6 Å². The van der Waals surface area contributed by atoms with Crippen molar-refractivity contribution < 1.29 is 14.3 Å². The number of rotatable bonds is 5. The van der Waals surface area contributed by atoms with Gasteiger partial charge in [-0.2, -0.15) is 0 Å². The third-order valence-electron chi connectivity index (χ3n) is 4.29. The smallest absolute Gasteiger partial charge is 0.251 e. The lowest BCUT2D eigenvalue weighted by Gasteiger charge is -2.16. The van der Waals surface area contributed by atoms with E-state index in [2.05, 4.69) is 5.32 Å². The molecule has 2 amide bonds. The van der Waals surface area contributed by atoms with Gasteiger partial charge in [0.15, 0.2) is 0 Å². The normalized spacial score (nSPS) is 21.4. The summed E-state index contributed by atoms with van der Waals surface area (Å²) in [6.45, 7) is 2.25. The van der Waals surface area contributed by atoms with Crippen molar-refractivity contribution in [2.75, 3.05) is 24.6 Å². The summed E-state index contributed by atoms with van der Waals surface area (Å²) in [5, 5.41) is 2.92. The van der Waals surface area contributed by atoms with Gasteiger partial charge in [-0.25, -0.2) is 0 Å². The van der Waals surface area contributed by atoms with Crippen molar-refractivity contribution in [1.82, 2.24) is 5.32 Å². The molecular weight excluding hydrogens is 280 g/mol. The highest BCUT2D eigenvalue weighted by Gasteiger charge is 2.21. The first-order valence-corrected chi connectivity index (χ1v) is 8.04. The Bertz CT molecular complexity index is 535. The van der Waals surface area contributed by atoms with E-state index in [1.165, 1.54) is 0 Å². The fraction of sp³-hybridized carbons (Fsp3) is 0.529. The fourth-order valence-corrected chi connectivity index (χ4v) is 3.03. The molecule has 0 bridgehead atoms. The van der Waals surface area contributed by atoms with Gasteiger partial charge in [-0.3, -0.25) is 9.59 Å². The number of nitrogens with one attached hydrogen (secondary N) is 1. The lowest BCUT2D eigenvalue weighted by Crippen LogP contribution is -2.27. The Morgan fingerprint density at radius 1 is 1.27 bits per heavy atom. The molecule has 2 saturated heterocycles. The molecule has 1 N–H and O–H groups in total. The van der Waals surface area contributed by atoms with Crippen LogP contribution in [0.4, 0.5) is 5.69 Å². The predicted octanol–water partition coefficient (Wildman–Crippen LogP) is 2.11. The van der Waals surface area contributed by atoms with Crippen LogP contribution in [-0.4, -0.2) is 37.6 Å². The second kappa shape index (κ2) is 6.92. The van der Waals surface area contributed by atoms with Crippen molar-refractivity contribution in [1.29, 1.82) is 0 Å². The highest BCUT2D eigenvalue weighted by Crippen LogP contribution is 2.21. The Morgan fingerprint density at radius 3 is 2.73 bits per heavy atom. The molecule has 0 aliphatic carbocycles. The minimum Gasteiger partial charge on any atom is -0.378 e. The molecule has 2 aliphatic rings. The monoisotopic (exact) mass is 302 g/mol. The Balaban J connectivity index is 1.51. The lowest BCUT2D eigenvalue weighted by atomic mass is 10.1. The van der Waals surface area contributed by atoms with Crippen LogP contribution in [-0.2, 0) is 9.53 Å². The topological polar surface area (TPSA) is 58.6 Å². The van der Waals surface area contributed by atoms with E-state index in [1.807, 2.05) is 12.1 Å². The molecule has 0 unspecified atom stereocenters. The first-order chi connectivity index (χ1) is 10.7. The van der Waals surface area contributed by atoms with Gasteiger partial charge in [0.25, 0.3) is 5.91 Å². The number of nitrogens with zero attached hydrogens (tertiary/aromatic N) is 1. The molecule has 0 saturated carbocycles. The summed E-state index contributed by atoms with van der Waals surface area (Å²) >= 11 is 0. The van der Waals surface area contributed by atoms with E-state index in [1.54, 1.807) is 17.0 Å². The first-order valence-electron chi connectivity index (χ1n) is 8.04. The maximum Gasteiger partial charge on any atom is 0.251 e. The quantitative estimate of drug-likeness (QED) is 0.906. The van der Waals surface area contributed by atoms with Crippen molar-refractivity contribution in [3.8, 4) is 0 Å². The standard InChI is InChI=1S/C17H22N2O3/c20-16-4-1-11-19(16)14-7-5-13(6-8-14)17(21)18-10-9-15-3-2-12-22-15/h5-8,15H,1-4,9-12H2,(H,18,21)/t15-/m1/s1. The third-order valence-corrected chi connectivity index (χ3v) is 4.29. The van der Waals surface area contributed by atoms with Gasteiger partial charge in [0.2, 0.25) is 5.91 Å². The SMILES string of the molecule is O=C(NCC[C@H]1CCCO1)c1ccc(N2CCCC2=O)cc1. The van der Waals surface area contributed by atoms with E-state index in [-0.39, 0.29) is 11.8 Å². The van der Waals surface area contributed by atoms with Crippen LogP contribution in [0.5, 0.6) is 0 Å². The highest BCUT2D eigenvalue weighted by molar-refractivity contribution is 5.97. The summed E-state index contributed by atoms with van der Waals surface area (Å²) in [6.07, 6.45) is 4.90. The molecule has 22 heavy (non-hydrogen) atoms. The van der Waals surface area contributed by atoms with Crippen LogP contribution in [0.15, 0.2) is 24.3 Å². The molecule has 5 heteroatoms. The highest BCUT2D eigenvalue weighted by atomic mass is 16.5. The minimum absolute atomic E-state index is 0.0719. The predicted molar refractivity (Wildman–Crippen MR) is 84.0 cm³/mol. The molecule has 118 valence electrons. The molecule has 0 radical (unpaired) electrons. The van der Waals surface area contributed by atoms with Crippen molar-refractivity contribution in [3.05, 3.63) is 29.8 Å². The largest absolute Gasteiger partial charge is 0.378 e. The van der Waals surface area contributed by atoms with Crippen LogP contribution in [0.3, 0.4) is 0 Å². The molecule has 0 aromatic heterocycles. The Morgan fingerprint density at radius 2 is 2.09 bits per heavy atom. The molecule has 0 spiro atoms. The number of carbonyl (C=O) groups excluding carboxylic acids is 2. The number of ether oxygens (including phenoxy) is 1. The van der Waals surface area contributed by atoms with Gasteiger partial charge in [0.1, 0.15) is 0 Å². The van der Waals surface area contributed by atoms with Crippen LogP contribution in [0.1, 0.15) is 42.5 Å². The Labute approximate surface area is 130 Å². The third kappa shape index (κ3) is 3.47. The van der Waals surface area contributed by atoms with Gasteiger partial charge in [0.05, 0.1) is 6.10 Å². The zero-order valence-corrected chi connectivity index (χ0v) is 12.7. The number of amides is 2. The maximum absolute atomic E-state index is 12.1. The van der Waals surface area contributed by atoms with E-state index in [9.17, 15) is 9.59 Å². The summed E-state index contributed by atoms with van der Waals surface area (Å²) in [7, 11) is 0. The zero-order chi connectivity index (χ0) is 15.4. The Hall–Kier alpha value is -1.88. The Kier molecular flexibility index (Phi) is 4.73. The van der Waals surface area contributed by atoms with Gasteiger partial charge in [-0.05, 0) is 49.9 Å². The average molecular weight is 302 g/mol. The summed E-state index contributed by atoms with van der Waals surface area (Å²) in [5.74, 6) is 0.0889. The van der Waals surface area contributed by atoms with Crippen molar-refractivity contribution in [2.45, 2.75) is 38.2 Å². The maximum atomic E-state index is 12.1. The molecule has 1 atom stereocenters. The molecular formula is C17H22N2O3. The van der Waals surface area contributed by atoms with Crippen LogP contribution in [0.2, 0.25) is 0 Å². The number of benzene rings is 1. The summed E-state index contributed by atoms with van der Waals surface area (Å²) in [4.78, 5) is 25.6. The zero-order valence-electron chi connectivity index (χ0n) is 12.7. The molecule has 2 heterocycles. The van der Waals surface area contributed by atoms with Gasteiger partial charge < -0.3 is 15.0 Å². The van der Waals surface area contributed by atoms with Gasteiger partial charge in [-0.1, -0.05) is 0 Å². The molecule has 1 aromatic carbocycles.